The monoisotopic (exact) mass is 348 g/mol. The van der Waals surface area contributed by atoms with Gasteiger partial charge in [0, 0.05) is 30.2 Å². The first-order valence-corrected chi connectivity index (χ1v) is 8.10. The van der Waals surface area contributed by atoms with Crippen LogP contribution in [0.1, 0.15) is 12.0 Å². The molecule has 2 aromatic carbocycles. The van der Waals surface area contributed by atoms with Crippen molar-refractivity contribution in [2.45, 2.75) is 18.6 Å². The Kier molecular flexibility index (Phi) is 4.73. The van der Waals surface area contributed by atoms with Crippen LogP contribution in [0.3, 0.4) is 0 Å². The fourth-order valence-electron chi connectivity index (χ4n) is 2.90. The van der Waals surface area contributed by atoms with Crippen LogP contribution in [0.2, 0.25) is 5.02 Å². The molecule has 0 radical (unpaired) electrons. The highest BCUT2D eigenvalue weighted by molar-refractivity contribution is 6.30. The van der Waals surface area contributed by atoms with E-state index in [0.717, 1.165) is 5.69 Å². The lowest BCUT2D eigenvalue weighted by Gasteiger charge is -2.23. The standard InChI is InChI=1S/C18H18ClFN2O2/c19-14-8-13(9-15(20)10-14)11-21-17(23)18(24)6-7-22(12-18)16-4-2-1-3-5-16/h1-5,8-10,24H,6-7,11-12H2,(H,21,23). The number of carbonyl (C=O) groups is 1. The number of nitrogens with one attached hydrogen (secondary N) is 1. The molecule has 1 heterocycles. The second-order valence-electron chi connectivity index (χ2n) is 6.00. The fraction of sp³-hybridized carbons (Fsp3) is 0.278. The number of nitrogens with zero attached hydrogens (tertiary/aromatic N) is 1. The number of anilines is 1. The summed E-state index contributed by atoms with van der Waals surface area (Å²) in [6, 6.07) is 13.7. The van der Waals surface area contributed by atoms with Gasteiger partial charge >= 0.3 is 0 Å². The molecule has 1 fully saturated rings. The number of hydrogen-bond donors (Lipinski definition) is 2. The average Bonchev–Trinajstić information content (AvgIpc) is 2.96. The zero-order chi connectivity index (χ0) is 17.2. The van der Waals surface area contributed by atoms with Crippen molar-refractivity contribution in [1.29, 1.82) is 0 Å². The molecule has 1 atom stereocenters. The van der Waals surface area contributed by atoms with Gasteiger partial charge in [0.1, 0.15) is 5.82 Å². The number of benzene rings is 2. The third-order valence-corrected chi connectivity index (χ3v) is 4.39. The maximum absolute atomic E-state index is 13.3. The van der Waals surface area contributed by atoms with Crippen LogP contribution >= 0.6 is 11.6 Å². The minimum Gasteiger partial charge on any atom is -0.378 e. The quantitative estimate of drug-likeness (QED) is 0.893. The normalized spacial score (nSPS) is 20.2. The van der Waals surface area contributed by atoms with Gasteiger partial charge in [0.15, 0.2) is 5.60 Å². The minimum atomic E-state index is -1.45. The van der Waals surface area contributed by atoms with E-state index in [1.807, 2.05) is 35.2 Å². The van der Waals surface area contributed by atoms with E-state index in [2.05, 4.69) is 5.32 Å². The molecule has 126 valence electrons. The Hall–Kier alpha value is -2.11. The van der Waals surface area contributed by atoms with Crippen molar-refractivity contribution in [2.24, 2.45) is 0 Å². The maximum Gasteiger partial charge on any atom is 0.254 e. The van der Waals surface area contributed by atoms with E-state index in [1.165, 1.54) is 12.1 Å². The lowest BCUT2D eigenvalue weighted by atomic mass is 10.0. The summed E-state index contributed by atoms with van der Waals surface area (Å²) in [5.74, 6) is -0.914. The molecule has 1 amide bonds. The molecular weight excluding hydrogens is 331 g/mol. The first kappa shape index (κ1) is 16.7. The second kappa shape index (κ2) is 6.79. The van der Waals surface area contributed by atoms with Crippen molar-refractivity contribution >= 4 is 23.2 Å². The summed E-state index contributed by atoms with van der Waals surface area (Å²) in [4.78, 5) is 14.3. The molecule has 0 spiro atoms. The van der Waals surface area contributed by atoms with Gasteiger partial charge < -0.3 is 15.3 Å². The minimum absolute atomic E-state index is 0.115. The number of carbonyl (C=O) groups excluding carboxylic acids is 1. The predicted octanol–water partition coefficient (Wildman–Crippen LogP) is 2.74. The van der Waals surface area contributed by atoms with E-state index in [0.29, 0.717) is 18.5 Å². The Bertz CT molecular complexity index is 721. The summed E-state index contributed by atoms with van der Waals surface area (Å²) < 4.78 is 13.3. The lowest BCUT2D eigenvalue weighted by Crippen LogP contribution is -2.48. The summed E-state index contributed by atoms with van der Waals surface area (Å²) in [6.45, 7) is 0.941. The number of para-hydroxylation sites is 1. The average molecular weight is 349 g/mol. The second-order valence-corrected chi connectivity index (χ2v) is 6.44. The van der Waals surface area contributed by atoms with E-state index >= 15 is 0 Å². The summed E-state index contributed by atoms with van der Waals surface area (Å²) in [6.07, 6.45) is 0.345. The van der Waals surface area contributed by atoms with Gasteiger partial charge in [-0.3, -0.25) is 4.79 Å². The van der Waals surface area contributed by atoms with Gasteiger partial charge in [-0.15, -0.1) is 0 Å². The van der Waals surface area contributed by atoms with Crippen LogP contribution in [0.4, 0.5) is 10.1 Å². The number of amides is 1. The van der Waals surface area contributed by atoms with Gasteiger partial charge in [0.25, 0.3) is 5.91 Å². The zero-order valence-corrected chi connectivity index (χ0v) is 13.8. The fourth-order valence-corrected chi connectivity index (χ4v) is 3.14. The Balaban J connectivity index is 1.62. The molecule has 2 N–H and O–H groups in total. The van der Waals surface area contributed by atoms with Crippen LogP contribution in [-0.4, -0.2) is 29.7 Å². The summed E-state index contributed by atoms with van der Waals surface area (Å²) in [7, 11) is 0. The summed E-state index contributed by atoms with van der Waals surface area (Å²) >= 11 is 5.80. The van der Waals surface area contributed by atoms with Gasteiger partial charge in [-0.25, -0.2) is 4.39 Å². The topological polar surface area (TPSA) is 52.6 Å². The Morgan fingerprint density at radius 3 is 2.75 bits per heavy atom. The van der Waals surface area contributed by atoms with Gasteiger partial charge in [-0.1, -0.05) is 29.8 Å². The van der Waals surface area contributed by atoms with E-state index < -0.39 is 17.3 Å². The maximum atomic E-state index is 13.3. The molecule has 0 bridgehead atoms. The molecule has 0 aromatic heterocycles. The SMILES string of the molecule is O=C(NCc1cc(F)cc(Cl)c1)C1(O)CCN(c2ccccc2)C1. The molecule has 1 saturated heterocycles. The molecule has 1 aliphatic heterocycles. The van der Waals surface area contributed by atoms with Crippen molar-refractivity contribution in [3.8, 4) is 0 Å². The van der Waals surface area contributed by atoms with Crippen molar-refractivity contribution < 1.29 is 14.3 Å². The zero-order valence-electron chi connectivity index (χ0n) is 13.0. The van der Waals surface area contributed by atoms with Crippen molar-refractivity contribution in [3.63, 3.8) is 0 Å². The molecule has 1 unspecified atom stereocenters. The van der Waals surface area contributed by atoms with Crippen molar-refractivity contribution in [2.75, 3.05) is 18.0 Å². The molecule has 0 saturated carbocycles. The molecule has 1 aliphatic rings. The number of rotatable bonds is 4. The third kappa shape index (κ3) is 3.68. The third-order valence-electron chi connectivity index (χ3n) is 4.17. The van der Waals surface area contributed by atoms with Gasteiger partial charge in [0.05, 0.1) is 6.54 Å². The van der Waals surface area contributed by atoms with Crippen molar-refractivity contribution in [1.82, 2.24) is 5.32 Å². The summed E-state index contributed by atoms with van der Waals surface area (Å²) in [5.41, 5.74) is 0.0699. The Labute approximate surface area is 144 Å². The smallest absolute Gasteiger partial charge is 0.254 e. The Morgan fingerprint density at radius 2 is 2.04 bits per heavy atom. The molecule has 0 aliphatic carbocycles. The highest BCUT2D eigenvalue weighted by Gasteiger charge is 2.42. The molecular formula is C18H18ClFN2O2. The number of aliphatic hydroxyl groups is 1. The number of β-amino-alcohol motifs (C(OH)–C–C–N with tert-alkyl or cyclic N) is 1. The number of hydrogen-bond acceptors (Lipinski definition) is 3. The van der Waals surface area contributed by atoms with Gasteiger partial charge in [0.2, 0.25) is 0 Å². The highest BCUT2D eigenvalue weighted by atomic mass is 35.5. The molecule has 3 rings (SSSR count). The first-order chi connectivity index (χ1) is 11.5. The predicted molar refractivity (Wildman–Crippen MR) is 91.5 cm³/mol. The van der Waals surface area contributed by atoms with Crippen LogP contribution < -0.4 is 10.2 Å². The van der Waals surface area contributed by atoms with Gasteiger partial charge in [-0.2, -0.15) is 0 Å². The van der Waals surface area contributed by atoms with Crippen LogP contribution in [0.15, 0.2) is 48.5 Å². The van der Waals surface area contributed by atoms with Crippen LogP contribution in [0.25, 0.3) is 0 Å². The van der Waals surface area contributed by atoms with E-state index in [-0.39, 0.29) is 18.1 Å². The first-order valence-electron chi connectivity index (χ1n) is 7.72. The highest BCUT2D eigenvalue weighted by Crippen LogP contribution is 2.27. The summed E-state index contributed by atoms with van der Waals surface area (Å²) in [5, 5.41) is 13.6. The molecule has 6 heteroatoms. The lowest BCUT2D eigenvalue weighted by molar-refractivity contribution is -0.137. The van der Waals surface area contributed by atoms with E-state index in [1.54, 1.807) is 6.07 Å². The van der Waals surface area contributed by atoms with Crippen LogP contribution in [0.5, 0.6) is 0 Å². The largest absolute Gasteiger partial charge is 0.378 e. The van der Waals surface area contributed by atoms with Gasteiger partial charge in [-0.05, 0) is 35.9 Å². The molecule has 4 nitrogen and oxygen atoms in total. The molecule has 24 heavy (non-hydrogen) atoms. The number of halogens is 2. The van der Waals surface area contributed by atoms with E-state index in [9.17, 15) is 14.3 Å². The Morgan fingerprint density at radius 1 is 1.29 bits per heavy atom. The van der Waals surface area contributed by atoms with Crippen LogP contribution in [0, 0.1) is 5.82 Å². The van der Waals surface area contributed by atoms with Crippen LogP contribution in [-0.2, 0) is 11.3 Å². The van der Waals surface area contributed by atoms with Crippen molar-refractivity contribution in [3.05, 3.63) is 64.9 Å². The molecule has 2 aromatic rings. The van der Waals surface area contributed by atoms with E-state index in [4.69, 9.17) is 11.6 Å².